The van der Waals surface area contributed by atoms with Gasteiger partial charge in [-0.25, -0.2) is 4.39 Å². The lowest BCUT2D eigenvalue weighted by atomic mass is 9.83. The van der Waals surface area contributed by atoms with Crippen LogP contribution >= 0.6 is 0 Å². The summed E-state index contributed by atoms with van der Waals surface area (Å²) in [5.74, 6) is 0.0135. The van der Waals surface area contributed by atoms with Crippen LogP contribution in [0.15, 0.2) is 18.2 Å². The van der Waals surface area contributed by atoms with Crippen LogP contribution in [0.2, 0.25) is 0 Å². The van der Waals surface area contributed by atoms with Crippen LogP contribution in [0.3, 0.4) is 0 Å². The Hall–Kier alpha value is -1.58. The second kappa shape index (κ2) is 4.51. The Labute approximate surface area is 93.8 Å². The fourth-order valence-electron chi connectivity index (χ4n) is 1.86. The number of carbonyl (C=O) groups is 1. The fourth-order valence-corrected chi connectivity index (χ4v) is 1.86. The fraction of sp³-hybridized carbons (Fsp3) is 0.417. The van der Waals surface area contributed by atoms with Crippen LogP contribution in [0.5, 0.6) is 0 Å². The Bertz CT molecular complexity index is 382. The molecule has 0 bridgehead atoms. The molecule has 0 atom stereocenters. The van der Waals surface area contributed by atoms with Gasteiger partial charge in [0.05, 0.1) is 0 Å². The molecular formula is C12H15FN2O. The molecule has 0 unspecified atom stereocenters. The summed E-state index contributed by atoms with van der Waals surface area (Å²) in [6.07, 6.45) is 3.98. The molecule has 0 heterocycles. The van der Waals surface area contributed by atoms with Gasteiger partial charge in [-0.05, 0) is 37.0 Å². The highest BCUT2D eigenvalue weighted by Gasteiger charge is 2.20. The Balaban J connectivity index is 1.94. The first kappa shape index (κ1) is 10.9. The number of hydrogen-bond acceptors (Lipinski definition) is 2. The molecule has 1 amide bonds. The number of amides is 1. The van der Waals surface area contributed by atoms with Crippen LogP contribution in [0.4, 0.5) is 15.8 Å². The van der Waals surface area contributed by atoms with E-state index in [1.165, 1.54) is 18.6 Å². The van der Waals surface area contributed by atoms with Gasteiger partial charge in [0.25, 0.3) is 0 Å². The van der Waals surface area contributed by atoms with Gasteiger partial charge in [0.1, 0.15) is 5.82 Å². The molecule has 1 saturated carbocycles. The highest BCUT2D eigenvalue weighted by molar-refractivity contribution is 5.91. The van der Waals surface area contributed by atoms with E-state index in [9.17, 15) is 9.18 Å². The summed E-state index contributed by atoms with van der Waals surface area (Å²) in [5.41, 5.74) is 6.23. The molecule has 2 rings (SSSR count). The van der Waals surface area contributed by atoms with E-state index < -0.39 is 5.82 Å². The predicted octanol–water partition coefficient (Wildman–Crippen LogP) is 2.54. The summed E-state index contributed by atoms with van der Waals surface area (Å²) >= 11 is 0. The monoisotopic (exact) mass is 222 g/mol. The van der Waals surface area contributed by atoms with Gasteiger partial charge in [-0.15, -0.1) is 0 Å². The van der Waals surface area contributed by atoms with Crippen molar-refractivity contribution in [1.29, 1.82) is 0 Å². The number of carbonyl (C=O) groups excluding carboxylic acids is 1. The van der Waals surface area contributed by atoms with Crippen LogP contribution in [-0.2, 0) is 4.79 Å². The van der Waals surface area contributed by atoms with Crippen LogP contribution in [0, 0.1) is 11.7 Å². The average Bonchev–Trinajstić information content (AvgIpc) is 2.09. The van der Waals surface area contributed by atoms with E-state index in [1.54, 1.807) is 6.07 Å². The summed E-state index contributed by atoms with van der Waals surface area (Å²) < 4.78 is 13.0. The van der Waals surface area contributed by atoms with Crippen molar-refractivity contribution in [2.24, 2.45) is 5.92 Å². The van der Waals surface area contributed by atoms with Crippen molar-refractivity contribution in [1.82, 2.24) is 0 Å². The number of nitrogens with one attached hydrogen (secondary N) is 1. The van der Waals surface area contributed by atoms with Crippen molar-refractivity contribution in [3.05, 3.63) is 24.0 Å². The molecule has 3 nitrogen and oxygen atoms in total. The minimum atomic E-state index is -0.432. The molecule has 3 N–H and O–H groups in total. The number of rotatable bonds is 3. The molecule has 4 heteroatoms. The van der Waals surface area contributed by atoms with E-state index in [0.717, 1.165) is 12.8 Å². The highest BCUT2D eigenvalue weighted by atomic mass is 19.1. The molecule has 86 valence electrons. The number of hydrogen-bond donors (Lipinski definition) is 2. The summed E-state index contributed by atoms with van der Waals surface area (Å²) in [4.78, 5) is 11.6. The summed E-state index contributed by atoms with van der Waals surface area (Å²) in [6, 6.07) is 4.05. The van der Waals surface area contributed by atoms with Crippen LogP contribution < -0.4 is 11.1 Å². The molecule has 1 aromatic carbocycles. The Kier molecular flexibility index (Phi) is 3.08. The van der Waals surface area contributed by atoms with Gasteiger partial charge >= 0.3 is 0 Å². The summed E-state index contributed by atoms with van der Waals surface area (Å²) in [7, 11) is 0. The smallest absolute Gasteiger partial charge is 0.224 e. The van der Waals surface area contributed by atoms with E-state index in [4.69, 9.17) is 5.73 Å². The third kappa shape index (κ3) is 2.72. The third-order valence-electron chi connectivity index (χ3n) is 2.90. The number of benzene rings is 1. The Morgan fingerprint density at radius 2 is 2.19 bits per heavy atom. The standard InChI is InChI=1S/C12H15FN2O/c13-9-5-10(14)7-11(6-9)15-12(16)4-8-2-1-3-8/h5-8H,1-4,14H2,(H,15,16). The topological polar surface area (TPSA) is 55.1 Å². The van der Waals surface area contributed by atoms with Crippen molar-refractivity contribution >= 4 is 17.3 Å². The third-order valence-corrected chi connectivity index (χ3v) is 2.90. The molecule has 1 fully saturated rings. The first-order chi connectivity index (χ1) is 7.63. The zero-order valence-electron chi connectivity index (χ0n) is 9.00. The van der Waals surface area contributed by atoms with Gasteiger partial charge in [-0.3, -0.25) is 4.79 Å². The van der Waals surface area contributed by atoms with Gasteiger partial charge in [0.15, 0.2) is 0 Å². The van der Waals surface area contributed by atoms with Crippen molar-refractivity contribution in [3.8, 4) is 0 Å². The maximum absolute atomic E-state index is 13.0. The van der Waals surface area contributed by atoms with Crippen LogP contribution in [0.1, 0.15) is 25.7 Å². The number of halogens is 1. The molecular weight excluding hydrogens is 207 g/mol. The summed E-state index contributed by atoms with van der Waals surface area (Å²) in [6.45, 7) is 0. The number of anilines is 2. The van der Waals surface area contributed by atoms with Gasteiger partial charge in [-0.2, -0.15) is 0 Å². The second-order valence-electron chi connectivity index (χ2n) is 4.32. The van der Waals surface area contributed by atoms with E-state index >= 15 is 0 Å². The maximum atomic E-state index is 13.0. The second-order valence-corrected chi connectivity index (χ2v) is 4.32. The van der Waals surface area contributed by atoms with E-state index in [0.29, 0.717) is 23.7 Å². The van der Waals surface area contributed by atoms with E-state index in [-0.39, 0.29) is 5.91 Å². The molecule has 0 spiro atoms. The molecule has 1 aromatic rings. The Morgan fingerprint density at radius 1 is 1.44 bits per heavy atom. The van der Waals surface area contributed by atoms with Gasteiger partial charge < -0.3 is 11.1 Å². The Morgan fingerprint density at radius 3 is 2.75 bits per heavy atom. The largest absolute Gasteiger partial charge is 0.399 e. The quantitative estimate of drug-likeness (QED) is 0.772. The lowest BCUT2D eigenvalue weighted by Gasteiger charge is -2.24. The molecule has 0 radical (unpaired) electrons. The SMILES string of the molecule is Nc1cc(F)cc(NC(=O)CC2CCC2)c1. The highest BCUT2D eigenvalue weighted by Crippen LogP contribution is 2.29. The van der Waals surface area contributed by atoms with Gasteiger partial charge in [-0.1, -0.05) is 6.42 Å². The van der Waals surface area contributed by atoms with E-state index in [2.05, 4.69) is 5.32 Å². The molecule has 1 aliphatic carbocycles. The van der Waals surface area contributed by atoms with Crippen molar-refractivity contribution in [2.75, 3.05) is 11.1 Å². The van der Waals surface area contributed by atoms with Crippen molar-refractivity contribution < 1.29 is 9.18 Å². The maximum Gasteiger partial charge on any atom is 0.224 e. The normalized spacial score (nSPS) is 15.6. The molecule has 0 saturated heterocycles. The lowest BCUT2D eigenvalue weighted by Crippen LogP contribution is -2.20. The molecule has 0 aliphatic heterocycles. The van der Waals surface area contributed by atoms with E-state index in [1.807, 2.05) is 0 Å². The van der Waals surface area contributed by atoms with Gasteiger partial charge in [0.2, 0.25) is 5.91 Å². The minimum absolute atomic E-state index is 0.0605. The predicted molar refractivity (Wildman–Crippen MR) is 61.4 cm³/mol. The minimum Gasteiger partial charge on any atom is -0.399 e. The van der Waals surface area contributed by atoms with Crippen LogP contribution in [-0.4, -0.2) is 5.91 Å². The zero-order chi connectivity index (χ0) is 11.5. The lowest BCUT2D eigenvalue weighted by molar-refractivity contribution is -0.117. The zero-order valence-corrected chi connectivity index (χ0v) is 9.00. The van der Waals surface area contributed by atoms with Crippen molar-refractivity contribution in [2.45, 2.75) is 25.7 Å². The molecule has 1 aliphatic rings. The summed E-state index contributed by atoms with van der Waals surface area (Å²) in [5, 5.41) is 2.66. The molecule has 0 aromatic heterocycles. The van der Waals surface area contributed by atoms with Crippen LogP contribution in [0.25, 0.3) is 0 Å². The first-order valence-electron chi connectivity index (χ1n) is 5.49. The first-order valence-corrected chi connectivity index (χ1v) is 5.49. The van der Waals surface area contributed by atoms with Gasteiger partial charge in [0, 0.05) is 17.8 Å². The number of nitrogens with two attached hydrogens (primary N) is 1. The average molecular weight is 222 g/mol. The molecule has 16 heavy (non-hydrogen) atoms. The number of nitrogen functional groups attached to an aromatic ring is 1. The van der Waals surface area contributed by atoms with Crippen molar-refractivity contribution in [3.63, 3.8) is 0 Å².